The molecular weight excluding hydrogens is 240 g/mol. The summed E-state index contributed by atoms with van der Waals surface area (Å²) in [5, 5.41) is 5.57. The quantitative estimate of drug-likeness (QED) is 0.864. The predicted octanol–water partition coefficient (Wildman–Crippen LogP) is 2.64. The lowest BCUT2D eigenvalue weighted by atomic mass is 10.3. The highest BCUT2D eigenvalue weighted by atomic mass is 16.5. The standard InChI is InChI=1S/C15H16N2O2/c1-16-11-15(18)17-12-7-9-14(10-8-12)19-13-5-3-2-4-6-13/h2-10,16H,11H2,1H3,(H,17,18). The Morgan fingerprint density at radius 3 is 2.26 bits per heavy atom. The van der Waals surface area contributed by atoms with Crippen molar-refractivity contribution in [2.24, 2.45) is 0 Å². The Morgan fingerprint density at radius 1 is 1.00 bits per heavy atom. The zero-order valence-corrected chi connectivity index (χ0v) is 10.7. The highest BCUT2D eigenvalue weighted by Crippen LogP contribution is 2.22. The number of para-hydroxylation sites is 1. The molecule has 19 heavy (non-hydrogen) atoms. The van der Waals surface area contributed by atoms with Crippen LogP contribution < -0.4 is 15.4 Å². The summed E-state index contributed by atoms with van der Waals surface area (Å²) in [4.78, 5) is 11.4. The zero-order valence-electron chi connectivity index (χ0n) is 10.7. The molecule has 0 heterocycles. The van der Waals surface area contributed by atoms with E-state index in [0.29, 0.717) is 6.54 Å². The van der Waals surface area contributed by atoms with Crippen LogP contribution >= 0.6 is 0 Å². The second kappa shape index (κ2) is 6.56. The smallest absolute Gasteiger partial charge is 0.238 e. The van der Waals surface area contributed by atoms with Crippen molar-refractivity contribution in [1.29, 1.82) is 0 Å². The minimum atomic E-state index is -0.0702. The van der Waals surface area contributed by atoms with Gasteiger partial charge in [-0.2, -0.15) is 0 Å². The Hall–Kier alpha value is -2.33. The van der Waals surface area contributed by atoms with Gasteiger partial charge in [0.25, 0.3) is 0 Å². The molecule has 0 fully saturated rings. The molecule has 2 aromatic carbocycles. The second-order valence-electron chi connectivity index (χ2n) is 4.02. The van der Waals surface area contributed by atoms with Crippen LogP contribution in [0.25, 0.3) is 0 Å². The molecule has 2 aromatic rings. The Bertz CT molecular complexity index is 524. The lowest BCUT2D eigenvalue weighted by Crippen LogP contribution is -2.24. The van der Waals surface area contributed by atoms with E-state index in [1.165, 1.54) is 0 Å². The maximum atomic E-state index is 11.4. The monoisotopic (exact) mass is 256 g/mol. The van der Waals surface area contributed by atoms with Crippen LogP contribution in [0, 0.1) is 0 Å². The number of benzene rings is 2. The maximum absolute atomic E-state index is 11.4. The summed E-state index contributed by atoms with van der Waals surface area (Å²) in [5.74, 6) is 1.45. The highest BCUT2D eigenvalue weighted by molar-refractivity contribution is 5.92. The lowest BCUT2D eigenvalue weighted by Gasteiger charge is -2.07. The first kappa shape index (κ1) is 13.1. The molecule has 0 aliphatic heterocycles. The maximum Gasteiger partial charge on any atom is 0.238 e. The Labute approximate surface area is 112 Å². The van der Waals surface area contributed by atoms with Crippen molar-refractivity contribution in [3.05, 3.63) is 54.6 Å². The van der Waals surface area contributed by atoms with Crippen LogP contribution in [0.4, 0.5) is 5.69 Å². The molecule has 4 nitrogen and oxygen atoms in total. The normalized spacial score (nSPS) is 9.95. The van der Waals surface area contributed by atoms with Gasteiger partial charge in [0.1, 0.15) is 11.5 Å². The van der Waals surface area contributed by atoms with Gasteiger partial charge >= 0.3 is 0 Å². The van der Waals surface area contributed by atoms with Crippen molar-refractivity contribution in [3.8, 4) is 11.5 Å². The number of carbonyl (C=O) groups excluding carboxylic acids is 1. The number of ether oxygens (including phenoxy) is 1. The number of rotatable bonds is 5. The number of anilines is 1. The van der Waals surface area contributed by atoms with E-state index in [-0.39, 0.29) is 5.91 Å². The van der Waals surface area contributed by atoms with Crippen LogP contribution in [0.2, 0.25) is 0 Å². The summed E-state index contributed by atoms with van der Waals surface area (Å²) in [6, 6.07) is 16.8. The van der Waals surface area contributed by atoms with Crippen molar-refractivity contribution in [2.45, 2.75) is 0 Å². The largest absolute Gasteiger partial charge is 0.457 e. The van der Waals surface area contributed by atoms with E-state index in [4.69, 9.17) is 4.74 Å². The minimum absolute atomic E-state index is 0.0702. The van der Waals surface area contributed by atoms with E-state index in [1.807, 2.05) is 54.6 Å². The van der Waals surface area contributed by atoms with Gasteiger partial charge in [-0.1, -0.05) is 18.2 Å². The third kappa shape index (κ3) is 4.12. The minimum Gasteiger partial charge on any atom is -0.457 e. The number of nitrogens with one attached hydrogen (secondary N) is 2. The van der Waals surface area contributed by atoms with Gasteiger partial charge in [0, 0.05) is 5.69 Å². The summed E-state index contributed by atoms with van der Waals surface area (Å²) in [6.07, 6.45) is 0. The molecule has 0 saturated carbocycles. The van der Waals surface area contributed by atoms with Crippen molar-refractivity contribution in [1.82, 2.24) is 5.32 Å². The Kier molecular flexibility index (Phi) is 4.53. The fraction of sp³-hybridized carbons (Fsp3) is 0.133. The van der Waals surface area contributed by atoms with Gasteiger partial charge in [-0.25, -0.2) is 0 Å². The first-order chi connectivity index (χ1) is 9.28. The molecule has 0 saturated heterocycles. The van der Waals surface area contributed by atoms with E-state index in [0.717, 1.165) is 17.2 Å². The SMILES string of the molecule is CNCC(=O)Nc1ccc(Oc2ccccc2)cc1. The van der Waals surface area contributed by atoms with Crippen molar-refractivity contribution in [2.75, 3.05) is 18.9 Å². The molecular formula is C15H16N2O2. The summed E-state index contributed by atoms with van der Waals surface area (Å²) in [7, 11) is 1.73. The van der Waals surface area contributed by atoms with E-state index < -0.39 is 0 Å². The van der Waals surface area contributed by atoms with E-state index in [9.17, 15) is 4.79 Å². The zero-order chi connectivity index (χ0) is 13.5. The van der Waals surface area contributed by atoms with E-state index in [1.54, 1.807) is 7.05 Å². The number of hydrogen-bond acceptors (Lipinski definition) is 3. The van der Waals surface area contributed by atoms with Crippen molar-refractivity contribution in [3.63, 3.8) is 0 Å². The van der Waals surface area contributed by atoms with Gasteiger partial charge in [0.05, 0.1) is 6.54 Å². The van der Waals surface area contributed by atoms with Gasteiger partial charge in [-0.05, 0) is 43.4 Å². The third-order valence-corrected chi connectivity index (χ3v) is 2.45. The number of amides is 1. The van der Waals surface area contributed by atoms with Gasteiger partial charge in [-0.3, -0.25) is 4.79 Å². The highest BCUT2D eigenvalue weighted by Gasteiger charge is 2.01. The van der Waals surface area contributed by atoms with Crippen LogP contribution in [0.5, 0.6) is 11.5 Å². The molecule has 0 radical (unpaired) electrons. The van der Waals surface area contributed by atoms with Crippen molar-refractivity contribution >= 4 is 11.6 Å². The third-order valence-electron chi connectivity index (χ3n) is 2.45. The first-order valence-corrected chi connectivity index (χ1v) is 6.05. The van der Waals surface area contributed by atoms with Gasteiger partial charge in [0.2, 0.25) is 5.91 Å². The van der Waals surface area contributed by atoms with E-state index in [2.05, 4.69) is 10.6 Å². The average molecular weight is 256 g/mol. The Balaban J connectivity index is 1.97. The fourth-order valence-corrected chi connectivity index (χ4v) is 1.60. The first-order valence-electron chi connectivity index (χ1n) is 6.05. The number of hydrogen-bond donors (Lipinski definition) is 2. The molecule has 0 aromatic heterocycles. The molecule has 2 N–H and O–H groups in total. The van der Waals surface area contributed by atoms with Crippen LogP contribution in [0.15, 0.2) is 54.6 Å². The number of likely N-dealkylation sites (N-methyl/N-ethyl adjacent to an activating group) is 1. The lowest BCUT2D eigenvalue weighted by molar-refractivity contribution is -0.115. The molecule has 98 valence electrons. The Morgan fingerprint density at radius 2 is 1.63 bits per heavy atom. The van der Waals surface area contributed by atoms with Gasteiger partial charge in [0.15, 0.2) is 0 Å². The summed E-state index contributed by atoms with van der Waals surface area (Å²) in [5.41, 5.74) is 0.751. The fourth-order valence-electron chi connectivity index (χ4n) is 1.60. The molecule has 2 rings (SSSR count). The molecule has 0 aliphatic rings. The topological polar surface area (TPSA) is 50.4 Å². The van der Waals surface area contributed by atoms with Crippen LogP contribution in [0.1, 0.15) is 0 Å². The molecule has 4 heteroatoms. The molecule has 0 spiro atoms. The molecule has 1 amide bonds. The van der Waals surface area contributed by atoms with Crippen LogP contribution in [0.3, 0.4) is 0 Å². The molecule has 0 bridgehead atoms. The second-order valence-corrected chi connectivity index (χ2v) is 4.02. The average Bonchev–Trinajstić information content (AvgIpc) is 2.42. The van der Waals surface area contributed by atoms with Crippen LogP contribution in [-0.2, 0) is 4.79 Å². The molecule has 0 atom stereocenters. The summed E-state index contributed by atoms with van der Waals surface area (Å²) < 4.78 is 5.66. The summed E-state index contributed by atoms with van der Waals surface area (Å²) >= 11 is 0. The van der Waals surface area contributed by atoms with Crippen LogP contribution in [-0.4, -0.2) is 19.5 Å². The van der Waals surface area contributed by atoms with Gasteiger partial charge in [-0.15, -0.1) is 0 Å². The summed E-state index contributed by atoms with van der Waals surface area (Å²) in [6.45, 7) is 0.294. The molecule has 0 aliphatic carbocycles. The predicted molar refractivity (Wildman–Crippen MR) is 75.5 cm³/mol. The van der Waals surface area contributed by atoms with Crippen molar-refractivity contribution < 1.29 is 9.53 Å². The molecule has 0 unspecified atom stereocenters. The van der Waals surface area contributed by atoms with E-state index >= 15 is 0 Å². The number of carbonyl (C=O) groups is 1. The van der Waals surface area contributed by atoms with Gasteiger partial charge < -0.3 is 15.4 Å².